The Kier molecular flexibility index (Phi) is 4.29. The molecule has 0 spiro atoms. The van der Waals surface area contributed by atoms with Gasteiger partial charge in [0.1, 0.15) is 18.7 Å². The summed E-state index contributed by atoms with van der Waals surface area (Å²) in [5.41, 5.74) is 0. The van der Waals surface area contributed by atoms with Gasteiger partial charge in [-0.3, -0.25) is 4.79 Å². The predicted molar refractivity (Wildman–Crippen MR) is 65.5 cm³/mol. The van der Waals surface area contributed by atoms with Crippen LogP contribution in [0.3, 0.4) is 0 Å². The number of carbonyl (C=O) groups is 1. The Morgan fingerprint density at radius 3 is 2.76 bits per heavy atom. The summed E-state index contributed by atoms with van der Waals surface area (Å²) in [6, 6.07) is -0.0920. The van der Waals surface area contributed by atoms with Crippen LogP contribution in [0.2, 0.25) is 0 Å². The van der Waals surface area contributed by atoms with Gasteiger partial charge in [-0.15, -0.1) is 0 Å². The van der Waals surface area contributed by atoms with Gasteiger partial charge < -0.3 is 0 Å². The molecule has 0 aliphatic heterocycles. The lowest BCUT2D eigenvalue weighted by Gasteiger charge is -2.25. The molecule has 0 aromatic carbocycles. The van der Waals surface area contributed by atoms with Gasteiger partial charge >= 0.3 is 0 Å². The van der Waals surface area contributed by atoms with Gasteiger partial charge in [0, 0.05) is 6.42 Å². The van der Waals surface area contributed by atoms with Crippen molar-refractivity contribution in [1.29, 1.82) is 0 Å². The zero-order valence-electron chi connectivity index (χ0n) is 10.5. The first-order valence-corrected chi connectivity index (χ1v) is 6.68. The summed E-state index contributed by atoms with van der Waals surface area (Å²) >= 11 is 0. The van der Waals surface area contributed by atoms with E-state index < -0.39 is 0 Å². The van der Waals surface area contributed by atoms with Crippen molar-refractivity contribution in [3.05, 3.63) is 12.7 Å². The Bertz CT molecular complexity index is 342. The zero-order valence-corrected chi connectivity index (χ0v) is 10.5. The number of rotatable bonds is 5. The molecule has 1 aromatic rings. The highest BCUT2D eigenvalue weighted by Gasteiger charge is 2.25. The third-order valence-electron chi connectivity index (χ3n) is 3.76. The molecule has 1 unspecified atom stereocenters. The Morgan fingerprint density at radius 2 is 2.18 bits per heavy atom. The van der Waals surface area contributed by atoms with E-state index in [1.807, 2.05) is 6.92 Å². The van der Waals surface area contributed by atoms with Gasteiger partial charge in [-0.2, -0.15) is 5.10 Å². The number of ketones is 1. The number of aromatic nitrogens is 3. The third kappa shape index (κ3) is 3.14. The minimum absolute atomic E-state index is 0.0920. The molecule has 1 aromatic heterocycles. The van der Waals surface area contributed by atoms with Crippen LogP contribution in [-0.2, 0) is 4.79 Å². The van der Waals surface area contributed by atoms with Crippen LogP contribution in [0.15, 0.2) is 12.7 Å². The van der Waals surface area contributed by atoms with E-state index >= 15 is 0 Å². The molecule has 0 radical (unpaired) electrons. The van der Waals surface area contributed by atoms with Crippen molar-refractivity contribution in [2.75, 3.05) is 0 Å². The van der Waals surface area contributed by atoms with Crippen LogP contribution in [-0.4, -0.2) is 20.5 Å². The van der Waals surface area contributed by atoms with Crippen LogP contribution in [0.1, 0.15) is 57.9 Å². The minimum Gasteiger partial charge on any atom is -0.297 e. The fraction of sp³-hybridized carbons (Fsp3) is 0.769. The predicted octanol–water partition coefficient (Wildman–Crippen LogP) is 2.77. The average molecular weight is 235 g/mol. The molecule has 4 heteroatoms. The zero-order chi connectivity index (χ0) is 12.1. The topological polar surface area (TPSA) is 47.8 Å². The Labute approximate surface area is 102 Å². The van der Waals surface area contributed by atoms with Crippen LogP contribution in [0.25, 0.3) is 0 Å². The number of hydrogen-bond donors (Lipinski definition) is 0. The first-order chi connectivity index (χ1) is 8.31. The summed E-state index contributed by atoms with van der Waals surface area (Å²) in [4.78, 5) is 15.9. The van der Waals surface area contributed by atoms with Crippen molar-refractivity contribution in [1.82, 2.24) is 14.8 Å². The highest BCUT2D eigenvalue weighted by molar-refractivity contribution is 5.82. The van der Waals surface area contributed by atoms with E-state index in [0.717, 1.165) is 6.42 Å². The lowest BCUT2D eigenvalue weighted by Crippen LogP contribution is -2.23. The molecule has 1 heterocycles. The highest BCUT2D eigenvalue weighted by atomic mass is 16.1. The van der Waals surface area contributed by atoms with Crippen LogP contribution in [0, 0.1) is 5.92 Å². The lowest BCUT2D eigenvalue weighted by molar-refractivity contribution is -0.122. The van der Waals surface area contributed by atoms with Crippen molar-refractivity contribution in [3.63, 3.8) is 0 Å². The second-order valence-corrected chi connectivity index (χ2v) is 4.95. The second-order valence-electron chi connectivity index (χ2n) is 4.95. The average Bonchev–Trinajstić information content (AvgIpc) is 2.90. The summed E-state index contributed by atoms with van der Waals surface area (Å²) in [5, 5.41) is 4.14. The molecular weight excluding hydrogens is 214 g/mol. The van der Waals surface area contributed by atoms with Crippen LogP contribution < -0.4 is 0 Å². The molecule has 94 valence electrons. The van der Waals surface area contributed by atoms with Crippen LogP contribution in [0.5, 0.6) is 0 Å². The normalized spacial score (nSPS) is 19.1. The van der Waals surface area contributed by atoms with Gasteiger partial charge in [0.2, 0.25) is 0 Å². The minimum atomic E-state index is -0.0920. The van der Waals surface area contributed by atoms with Gasteiger partial charge in [-0.25, -0.2) is 9.67 Å². The fourth-order valence-corrected chi connectivity index (χ4v) is 2.74. The van der Waals surface area contributed by atoms with E-state index in [0.29, 0.717) is 12.3 Å². The molecule has 0 N–H and O–H groups in total. The van der Waals surface area contributed by atoms with Crippen LogP contribution >= 0.6 is 0 Å². The molecule has 4 nitrogen and oxygen atoms in total. The summed E-state index contributed by atoms with van der Waals surface area (Å²) in [7, 11) is 0. The van der Waals surface area contributed by atoms with Crippen molar-refractivity contribution in [2.24, 2.45) is 5.92 Å². The summed E-state index contributed by atoms with van der Waals surface area (Å²) in [6.45, 7) is 1.92. The summed E-state index contributed by atoms with van der Waals surface area (Å²) in [6.07, 6.45) is 11.2. The molecule has 1 fully saturated rings. The molecule has 17 heavy (non-hydrogen) atoms. The first kappa shape index (κ1) is 12.3. The Morgan fingerprint density at radius 1 is 1.41 bits per heavy atom. The van der Waals surface area contributed by atoms with Gasteiger partial charge in [0.15, 0.2) is 5.78 Å². The van der Waals surface area contributed by atoms with E-state index in [-0.39, 0.29) is 11.8 Å². The number of hydrogen-bond acceptors (Lipinski definition) is 3. The number of Topliss-reactive ketones (excluding diaryl/α,β-unsaturated/α-hetero) is 1. The van der Waals surface area contributed by atoms with Crippen molar-refractivity contribution in [2.45, 2.75) is 57.9 Å². The quantitative estimate of drug-likeness (QED) is 0.788. The number of carbonyl (C=O) groups excluding carboxylic acids is 1. The molecule has 0 amide bonds. The highest BCUT2D eigenvalue weighted by Crippen LogP contribution is 2.31. The van der Waals surface area contributed by atoms with Crippen molar-refractivity contribution >= 4 is 5.78 Å². The molecule has 1 aliphatic rings. The maximum atomic E-state index is 12.0. The molecule has 0 bridgehead atoms. The standard InChI is InChI=1S/C13H21N3O/c1-2-13(17)12(16-10-14-9-15-16)8-11-6-4-3-5-7-11/h9-12H,2-8H2,1H3. The maximum absolute atomic E-state index is 12.0. The Balaban J connectivity index is 2.02. The van der Waals surface area contributed by atoms with Crippen molar-refractivity contribution in [3.8, 4) is 0 Å². The first-order valence-electron chi connectivity index (χ1n) is 6.68. The molecular formula is C13H21N3O. The van der Waals surface area contributed by atoms with Gasteiger partial charge in [0.05, 0.1) is 0 Å². The molecule has 1 atom stereocenters. The Hall–Kier alpha value is -1.19. The maximum Gasteiger partial charge on any atom is 0.157 e. The summed E-state index contributed by atoms with van der Waals surface area (Å²) < 4.78 is 1.74. The number of nitrogens with zero attached hydrogens (tertiary/aromatic N) is 3. The monoisotopic (exact) mass is 235 g/mol. The summed E-state index contributed by atoms with van der Waals surface area (Å²) in [5.74, 6) is 0.967. The van der Waals surface area contributed by atoms with E-state index in [9.17, 15) is 4.79 Å². The molecule has 2 rings (SSSR count). The fourth-order valence-electron chi connectivity index (χ4n) is 2.74. The second kappa shape index (κ2) is 5.94. The van der Waals surface area contributed by atoms with Gasteiger partial charge in [0.25, 0.3) is 0 Å². The SMILES string of the molecule is CCC(=O)C(CC1CCCCC1)n1cncn1. The van der Waals surface area contributed by atoms with E-state index in [1.54, 1.807) is 11.0 Å². The smallest absolute Gasteiger partial charge is 0.157 e. The van der Waals surface area contributed by atoms with Gasteiger partial charge in [-0.05, 0) is 12.3 Å². The van der Waals surface area contributed by atoms with E-state index in [1.165, 1.54) is 38.4 Å². The lowest BCUT2D eigenvalue weighted by atomic mass is 9.84. The molecule has 1 aliphatic carbocycles. The third-order valence-corrected chi connectivity index (χ3v) is 3.76. The molecule has 0 saturated heterocycles. The largest absolute Gasteiger partial charge is 0.297 e. The van der Waals surface area contributed by atoms with Crippen LogP contribution in [0.4, 0.5) is 0 Å². The van der Waals surface area contributed by atoms with Crippen molar-refractivity contribution < 1.29 is 4.79 Å². The van der Waals surface area contributed by atoms with Gasteiger partial charge in [-0.1, -0.05) is 39.0 Å². The molecule has 1 saturated carbocycles. The van der Waals surface area contributed by atoms with E-state index in [2.05, 4.69) is 10.1 Å². The van der Waals surface area contributed by atoms with E-state index in [4.69, 9.17) is 0 Å².